The number of ether oxygens (including phenoxy) is 1. The van der Waals surface area contributed by atoms with Crippen LogP contribution in [0.1, 0.15) is 12.5 Å². The van der Waals surface area contributed by atoms with Crippen LogP contribution in [0.15, 0.2) is 18.3 Å². The van der Waals surface area contributed by atoms with Gasteiger partial charge in [-0.05, 0) is 12.6 Å². The third-order valence-corrected chi connectivity index (χ3v) is 2.58. The average molecular weight is 223 g/mol. The highest BCUT2D eigenvalue weighted by molar-refractivity contribution is 5.42. The van der Waals surface area contributed by atoms with E-state index in [1.54, 1.807) is 13.3 Å². The molecule has 0 fully saturated rings. The van der Waals surface area contributed by atoms with Crippen LogP contribution in [0.5, 0.6) is 0 Å². The lowest BCUT2D eigenvalue weighted by Crippen LogP contribution is -2.27. The summed E-state index contributed by atoms with van der Waals surface area (Å²) in [5, 5.41) is 3.11. The monoisotopic (exact) mass is 223 g/mol. The number of nitrogens with one attached hydrogen (secondary N) is 1. The summed E-state index contributed by atoms with van der Waals surface area (Å²) in [5.74, 6) is 0.957. The van der Waals surface area contributed by atoms with E-state index in [0.29, 0.717) is 0 Å². The molecular weight excluding hydrogens is 202 g/mol. The van der Waals surface area contributed by atoms with Crippen molar-refractivity contribution in [3.8, 4) is 0 Å². The van der Waals surface area contributed by atoms with Gasteiger partial charge in [-0.25, -0.2) is 4.98 Å². The molecule has 4 heteroatoms. The first-order valence-electron chi connectivity index (χ1n) is 5.64. The van der Waals surface area contributed by atoms with Gasteiger partial charge in [-0.3, -0.25) is 4.90 Å². The van der Waals surface area contributed by atoms with E-state index in [1.165, 1.54) is 5.56 Å². The molecule has 16 heavy (non-hydrogen) atoms. The average Bonchev–Trinajstić information content (AvgIpc) is 2.34. The summed E-state index contributed by atoms with van der Waals surface area (Å²) in [6.07, 6.45) is 1.81. The summed E-state index contributed by atoms with van der Waals surface area (Å²) in [6, 6.07) is 4.08. The maximum Gasteiger partial charge on any atom is 0.130 e. The van der Waals surface area contributed by atoms with E-state index in [2.05, 4.69) is 28.2 Å². The minimum absolute atomic E-state index is 0.767. The standard InChI is InChI=1S/C12H21N3O/c1-4-15(8-9-16-3)10-11-6-5-7-14-12(11)13-2/h5-7H,4,8-10H2,1-3H3,(H,13,14). The van der Waals surface area contributed by atoms with Gasteiger partial charge in [0.05, 0.1) is 6.61 Å². The summed E-state index contributed by atoms with van der Waals surface area (Å²) in [6.45, 7) is 5.80. The Morgan fingerprint density at radius 1 is 1.50 bits per heavy atom. The highest BCUT2D eigenvalue weighted by Crippen LogP contribution is 2.13. The first kappa shape index (κ1) is 12.9. The number of hydrogen-bond acceptors (Lipinski definition) is 4. The van der Waals surface area contributed by atoms with Crippen molar-refractivity contribution in [3.05, 3.63) is 23.9 Å². The van der Waals surface area contributed by atoms with Crippen LogP contribution in [-0.2, 0) is 11.3 Å². The zero-order valence-electron chi connectivity index (χ0n) is 10.4. The van der Waals surface area contributed by atoms with E-state index < -0.39 is 0 Å². The second-order valence-corrected chi connectivity index (χ2v) is 3.62. The molecule has 4 nitrogen and oxygen atoms in total. The molecular formula is C12H21N3O. The number of rotatable bonds is 7. The van der Waals surface area contributed by atoms with Crippen LogP contribution >= 0.6 is 0 Å². The second kappa shape index (κ2) is 7.19. The van der Waals surface area contributed by atoms with Crippen molar-refractivity contribution in [3.63, 3.8) is 0 Å². The van der Waals surface area contributed by atoms with Gasteiger partial charge in [0.25, 0.3) is 0 Å². The minimum Gasteiger partial charge on any atom is -0.383 e. The molecule has 0 atom stereocenters. The molecule has 1 N–H and O–H groups in total. The number of methoxy groups -OCH3 is 1. The van der Waals surface area contributed by atoms with E-state index in [0.717, 1.165) is 32.1 Å². The topological polar surface area (TPSA) is 37.4 Å². The van der Waals surface area contributed by atoms with E-state index >= 15 is 0 Å². The molecule has 0 saturated heterocycles. The Morgan fingerprint density at radius 3 is 2.94 bits per heavy atom. The van der Waals surface area contributed by atoms with Crippen LogP contribution in [0.3, 0.4) is 0 Å². The molecule has 0 aliphatic carbocycles. The van der Waals surface area contributed by atoms with Crippen molar-refractivity contribution < 1.29 is 4.74 Å². The van der Waals surface area contributed by atoms with Crippen molar-refractivity contribution in [2.45, 2.75) is 13.5 Å². The largest absolute Gasteiger partial charge is 0.383 e. The first-order valence-corrected chi connectivity index (χ1v) is 5.64. The molecule has 0 amide bonds. The van der Waals surface area contributed by atoms with Crippen molar-refractivity contribution in [2.75, 3.05) is 39.2 Å². The van der Waals surface area contributed by atoms with Gasteiger partial charge in [-0.15, -0.1) is 0 Å². The smallest absolute Gasteiger partial charge is 0.130 e. The number of hydrogen-bond donors (Lipinski definition) is 1. The molecule has 1 rings (SSSR count). The fourth-order valence-electron chi connectivity index (χ4n) is 1.60. The third-order valence-electron chi connectivity index (χ3n) is 2.58. The highest BCUT2D eigenvalue weighted by atomic mass is 16.5. The SMILES string of the molecule is CCN(CCOC)Cc1cccnc1NC. The number of anilines is 1. The molecule has 0 aliphatic rings. The molecule has 0 bridgehead atoms. The molecule has 0 saturated carbocycles. The summed E-state index contributed by atoms with van der Waals surface area (Å²) in [5.41, 5.74) is 1.22. The molecule has 0 aromatic carbocycles. The molecule has 1 heterocycles. The highest BCUT2D eigenvalue weighted by Gasteiger charge is 2.07. The van der Waals surface area contributed by atoms with Gasteiger partial charge in [0.15, 0.2) is 0 Å². The van der Waals surface area contributed by atoms with Gasteiger partial charge in [0, 0.05) is 39.0 Å². The Bertz CT molecular complexity index is 304. The number of aromatic nitrogens is 1. The van der Waals surface area contributed by atoms with Crippen LogP contribution in [0.25, 0.3) is 0 Å². The number of nitrogens with zero attached hydrogens (tertiary/aromatic N) is 2. The van der Waals surface area contributed by atoms with Gasteiger partial charge in [-0.2, -0.15) is 0 Å². The van der Waals surface area contributed by atoms with Crippen molar-refractivity contribution >= 4 is 5.82 Å². The lowest BCUT2D eigenvalue weighted by molar-refractivity contribution is 0.147. The van der Waals surface area contributed by atoms with Gasteiger partial charge >= 0.3 is 0 Å². The van der Waals surface area contributed by atoms with Crippen LogP contribution < -0.4 is 5.32 Å². The summed E-state index contributed by atoms with van der Waals surface area (Å²) in [7, 11) is 3.63. The van der Waals surface area contributed by atoms with Gasteiger partial charge in [0.1, 0.15) is 5.82 Å². The van der Waals surface area contributed by atoms with Crippen molar-refractivity contribution in [2.24, 2.45) is 0 Å². The predicted molar refractivity (Wildman–Crippen MR) is 66.6 cm³/mol. The van der Waals surface area contributed by atoms with Crippen LogP contribution in [0.4, 0.5) is 5.82 Å². The Hall–Kier alpha value is -1.13. The number of pyridine rings is 1. The van der Waals surface area contributed by atoms with Crippen molar-refractivity contribution in [1.82, 2.24) is 9.88 Å². The Kier molecular flexibility index (Phi) is 5.82. The summed E-state index contributed by atoms with van der Waals surface area (Å²) < 4.78 is 5.10. The fraction of sp³-hybridized carbons (Fsp3) is 0.583. The van der Waals surface area contributed by atoms with Gasteiger partial charge in [-0.1, -0.05) is 13.0 Å². The Balaban J connectivity index is 2.62. The Labute approximate surface area is 97.6 Å². The van der Waals surface area contributed by atoms with E-state index in [1.807, 2.05) is 13.1 Å². The van der Waals surface area contributed by atoms with Crippen molar-refractivity contribution in [1.29, 1.82) is 0 Å². The normalized spacial score (nSPS) is 10.8. The minimum atomic E-state index is 0.767. The zero-order chi connectivity index (χ0) is 11.8. The second-order valence-electron chi connectivity index (χ2n) is 3.62. The molecule has 1 aromatic rings. The van der Waals surface area contributed by atoms with E-state index in [9.17, 15) is 0 Å². The molecule has 0 aliphatic heterocycles. The lowest BCUT2D eigenvalue weighted by Gasteiger charge is -2.20. The maximum absolute atomic E-state index is 5.10. The third kappa shape index (κ3) is 3.79. The van der Waals surface area contributed by atoms with E-state index in [-0.39, 0.29) is 0 Å². The molecule has 0 spiro atoms. The summed E-state index contributed by atoms with van der Waals surface area (Å²) in [4.78, 5) is 6.63. The zero-order valence-corrected chi connectivity index (χ0v) is 10.4. The quantitative estimate of drug-likeness (QED) is 0.761. The van der Waals surface area contributed by atoms with Crippen LogP contribution in [0, 0.1) is 0 Å². The van der Waals surface area contributed by atoms with Crippen LogP contribution in [0.2, 0.25) is 0 Å². The van der Waals surface area contributed by atoms with Gasteiger partial charge < -0.3 is 10.1 Å². The number of likely N-dealkylation sites (N-methyl/N-ethyl adjacent to an activating group) is 1. The predicted octanol–water partition coefficient (Wildman–Crippen LogP) is 1.59. The lowest BCUT2D eigenvalue weighted by atomic mass is 10.2. The van der Waals surface area contributed by atoms with Gasteiger partial charge in [0.2, 0.25) is 0 Å². The first-order chi connectivity index (χ1) is 7.81. The van der Waals surface area contributed by atoms with E-state index in [4.69, 9.17) is 4.74 Å². The molecule has 0 unspecified atom stereocenters. The molecule has 90 valence electrons. The summed E-state index contributed by atoms with van der Waals surface area (Å²) >= 11 is 0. The molecule has 1 aromatic heterocycles. The Morgan fingerprint density at radius 2 is 2.31 bits per heavy atom. The maximum atomic E-state index is 5.10. The van der Waals surface area contributed by atoms with Crippen LogP contribution in [-0.4, -0.2) is 43.7 Å². The molecule has 0 radical (unpaired) electrons. The fourth-order valence-corrected chi connectivity index (χ4v) is 1.60.